The maximum Gasteiger partial charge on any atom is 0.262 e. The van der Waals surface area contributed by atoms with Crippen LogP contribution in [0, 0.1) is 0 Å². The van der Waals surface area contributed by atoms with Gasteiger partial charge >= 0.3 is 0 Å². The Bertz CT molecular complexity index is 785. The van der Waals surface area contributed by atoms with Crippen LogP contribution in [0.2, 0.25) is 0 Å². The zero-order valence-corrected chi connectivity index (χ0v) is 15.2. The molecule has 5 nitrogen and oxygen atoms in total. The first-order chi connectivity index (χ1) is 11.4. The molecule has 2 rings (SSSR count). The number of ether oxygens (including phenoxy) is 2. The average Bonchev–Trinajstić information content (AvgIpc) is 2.60. The fourth-order valence-corrected chi connectivity index (χ4v) is 3.39. The standard InChI is InChI=1S/C18H23NO4S/c1-5-13(2)14-6-8-15(9-7-14)19-24(20,21)16-10-11-17(22-3)18(12-16)23-4/h6-13,19H,5H2,1-4H3. The molecule has 1 unspecified atom stereocenters. The van der Waals surface area contributed by atoms with E-state index in [1.807, 2.05) is 12.1 Å². The van der Waals surface area contributed by atoms with Crippen molar-refractivity contribution < 1.29 is 17.9 Å². The van der Waals surface area contributed by atoms with Crippen LogP contribution in [0.25, 0.3) is 0 Å². The Morgan fingerprint density at radius 1 is 1.00 bits per heavy atom. The van der Waals surface area contributed by atoms with Gasteiger partial charge in [0, 0.05) is 11.8 Å². The molecular weight excluding hydrogens is 326 g/mol. The van der Waals surface area contributed by atoms with E-state index in [2.05, 4.69) is 18.6 Å². The van der Waals surface area contributed by atoms with E-state index in [4.69, 9.17) is 9.47 Å². The van der Waals surface area contributed by atoms with Crippen molar-refractivity contribution in [2.75, 3.05) is 18.9 Å². The minimum atomic E-state index is -3.70. The van der Waals surface area contributed by atoms with E-state index in [0.717, 1.165) is 6.42 Å². The second-order valence-corrected chi connectivity index (χ2v) is 7.24. The van der Waals surface area contributed by atoms with Crippen LogP contribution in [0.3, 0.4) is 0 Å². The zero-order chi connectivity index (χ0) is 17.7. The van der Waals surface area contributed by atoms with E-state index in [1.54, 1.807) is 18.2 Å². The highest BCUT2D eigenvalue weighted by Gasteiger charge is 2.17. The van der Waals surface area contributed by atoms with Gasteiger partial charge in [-0.3, -0.25) is 4.72 Å². The summed E-state index contributed by atoms with van der Waals surface area (Å²) in [6.45, 7) is 4.27. The predicted octanol–water partition coefficient (Wildman–Crippen LogP) is 4.02. The minimum absolute atomic E-state index is 0.117. The first kappa shape index (κ1) is 18.1. The molecule has 0 saturated carbocycles. The lowest BCUT2D eigenvalue weighted by Crippen LogP contribution is -2.13. The van der Waals surface area contributed by atoms with Gasteiger partial charge in [-0.05, 0) is 42.2 Å². The van der Waals surface area contributed by atoms with Crippen molar-refractivity contribution >= 4 is 15.7 Å². The molecular formula is C18H23NO4S. The summed E-state index contributed by atoms with van der Waals surface area (Å²) in [5.74, 6) is 1.29. The molecule has 0 aromatic heterocycles. The van der Waals surface area contributed by atoms with Gasteiger partial charge in [0.1, 0.15) is 0 Å². The normalized spacial score (nSPS) is 12.5. The maximum atomic E-state index is 12.5. The van der Waals surface area contributed by atoms with Crippen molar-refractivity contribution in [2.45, 2.75) is 31.1 Å². The highest BCUT2D eigenvalue weighted by Crippen LogP contribution is 2.30. The summed E-state index contributed by atoms with van der Waals surface area (Å²) in [7, 11) is -0.724. The second-order valence-electron chi connectivity index (χ2n) is 5.55. The Morgan fingerprint density at radius 2 is 1.62 bits per heavy atom. The van der Waals surface area contributed by atoms with Gasteiger partial charge in [0.05, 0.1) is 19.1 Å². The third-order valence-corrected chi connectivity index (χ3v) is 5.39. The summed E-state index contributed by atoms with van der Waals surface area (Å²) < 4.78 is 37.9. The summed E-state index contributed by atoms with van der Waals surface area (Å²) in [5.41, 5.74) is 1.71. The van der Waals surface area contributed by atoms with Crippen LogP contribution in [-0.2, 0) is 10.0 Å². The van der Waals surface area contributed by atoms with Gasteiger partial charge < -0.3 is 9.47 Å². The molecule has 0 fully saturated rings. The molecule has 0 bridgehead atoms. The Morgan fingerprint density at radius 3 is 2.17 bits per heavy atom. The maximum absolute atomic E-state index is 12.5. The fraction of sp³-hybridized carbons (Fsp3) is 0.333. The molecule has 1 atom stereocenters. The molecule has 0 amide bonds. The third kappa shape index (κ3) is 4.00. The Balaban J connectivity index is 2.25. The van der Waals surface area contributed by atoms with Crippen molar-refractivity contribution in [1.29, 1.82) is 0 Å². The number of hydrogen-bond donors (Lipinski definition) is 1. The van der Waals surface area contributed by atoms with Crippen molar-refractivity contribution in [3.8, 4) is 11.5 Å². The van der Waals surface area contributed by atoms with Crippen molar-refractivity contribution in [3.63, 3.8) is 0 Å². The first-order valence-corrected chi connectivity index (χ1v) is 9.24. The Labute approximate surface area is 143 Å². The van der Waals surface area contributed by atoms with Gasteiger partial charge in [-0.2, -0.15) is 0 Å². The molecule has 0 radical (unpaired) electrons. The van der Waals surface area contributed by atoms with E-state index in [1.165, 1.54) is 31.9 Å². The SMILES string of the molecule is CCC(C)c1ccc(NS(=O)(=O)c2ccc(OC)c(OC)c2)cc1. The number of rotatable bonds is 7. The summed E-state index contributed by atoms with van der Waals surface area (Å²) in [4.78, 5) is 0.117. The smallest absolute Gasteiger partial charge is 0.262 e. The molecule has 6 heteroatoms. The van der Waals surface area contributed by atoms with E-state index in [9.17, 15) is 8.42 Å². The summed E-state index contributed by atoms with van der Waals surface area (Å²) in [5, 5.41) is 0. The summed E-state index contributed by atoms with van der Waals surface area (Å²) >= 11 is 0. The van der Waals surface area contributed by atoms with E-state index < -0.39 is 10.0 Å². The Hall–Kier alpha value is -2.21. The summed E-state index contributed by atoms with van der Waals surface area (Å²) in [6.07, 6.45) is 1.04. The monoisotopic (exact) mass is 349 g/mol. The molecule has 0 heterocycles. The molecule has 0 aliphatic heterocycles. The lowest BCUT2D eigenvalue weighted by molar-refractivity contribution is 0.354. The Kier molecular flexibility index (Phi) is 5.72. The number of nitrogens with one attached hydrogen (secondary N) is 1. The fourth-order valence-electron chi connectivity index (χ4n) is 2.31. The van der Waals surface area contributed by atoms with Crippen molar-refractivity contribution in [3.05, 3.63) is 48.0 Å². The quantitative estimate of drug-likeness (QED) is 0.820. The van der Waals surface area contributed by atoms with E-state index in [-0.39, 0.29) is 4.90 Å². The minimum Gasteiger partial charge on any atom is -0.493 e. The van der Waals surface area contributed by atoms with Gasteiger partial charge in [-0.1, -0.05) is 26.0 Å². The number of methoxy groups -OCH3 is 2. The lowest BCUT2D eigenvalue weighted by Gasteiger charge is -2.13. The molecule has 24 heavy (non-hydrogen) atoms. The van der Waals surface area contributed by atoms with E-state index >= 15 is 0 Å². The van der Waals surface area contributed by atoms with Gasteiger partial charge in [-0.25, -0.2) is 8.42 Å². The molecule has 0 aliphatic rings. The van der Waals surface area contributed by atoms with Gasteiger partial charge in [0.2, 0.25) is 0 Å². The molecule has 2 aromatic carbocycles. The van der Waals surface area contributed by atoms with E-state index in [0.29, 0.717) is 23.1 Å². The van der Waals surface area contributed by atoms with Crippen LogP contribution in [0.1, 0.15) is 31.7 Å². The topological polar surface area (TPSA) is 64.6 Å². The molecule has 0 aliphatic carbocycles. The zero-order valence-electron chi connectivity index (χ0n) is 14.4. The van der Waals surface area contributed by atoms with Crippen LogP contribution in [-0.4, -0.2) is 22.6 Å². The highest BCUT2D eigenvalue weighted by molar-refractivity contribution is 7.92. The van der Waals surface area contributed by atoms with Crippen LogP contribution in [0.15, 0.2) is 47.4 Å². The van der Waals surface area contributed by atoms with Crippen LogP contribution >= 0.6 is 0 Å². The summed E-state index contributed by atoms with van der Waals surface area (Å²) in [6, 6.07) is 11.9. The number of hydrogen-bond acceptors (Lipinski definition) is 4. The largest absolute Gasteiger partial charge is 0.493 e. The van der Waals surface area contributed by atoms with Crippen LogP contribution < -0.4 is 14.2 Å². The van der Waals surface area contributed by atoms with Crippen molar-refractivity contribution in [1.82, 2.24) is 0 Å². The van der Waals surface area contributed by atoms with Crippen LogP contribution in [0.5, 0.6) is 11.5 Å². The van der Waals surface area contributed by atoms with Crippen LogP contribution in [0.4, 0.5) is 5.69 Å². The highest BCUT2D eigenvalue weighted by atomic mass is 32.2. The first-order valence-electron chi connectivity index (χ1n) is 7.76. The number of sulfonamides is 1. The molecule has 2 aromatic rings. The lowest BCUT2D eigenvalue weighted by atomic mass is 9.99. The molecule has 1 N–H and O–H groups in total. The number of benzene rings is 2. The third-order valence-electron chi connectivity index (χ3n) is 4.01. The second kappa shape index (κ2) is 7.57. The molecule has 0 saturated heterocycles. The number of anilines is 1. The molecule has 0 spiro atoms. The molecule has 130 valence electrons. The van der Waals surface area contributed by atoms with Gasteiger partial charge in [0.15, 0.2) is 11.5 Å². The van der Waals surface area contributed by atoms with Gasteiger partial charge in [-0.15, -0.1) is 0 Å². The average molecular weight is 349 g/mol. The van der Waals surface area contributed by atoms with Crippen molar-refractivity contribution in [2.24, 2.45) is 0 Å². The predicted molar refractivity (Wildman–Crippen MR) is 95.5 cm³/mol. The van der Waals surface area contributed by atoms with Gasteiger partial charge in [0.25, 0.3) is 10.0 Å².